The fraction of sp³-hybridized carbons (Fsp3) is 0.583. The highest BCUT2D eigenvalue weighted by atomic mass is 16.6. The zero-order valence-corrected chi connectivity index (χ0v) is 9.50. The van der Waals surface area contributed by atoms with Gasteiger partial charge in [0.05, 0.1) is 12.2 Å². The highest BCUT2D eigenvalue weighted by Crippen LogP contribution is 2.34. The second kappa shape index (κ2) is 5.12. The van der Waals surface area contributed by atoms with Gasteiger partial charge < -0.3 is 4.42 Å². The minimum Gasteiger partial charge on any atom is -0.469 e. The summed E-state index contributed by atoms with van der Waals surface area (Å²) in [6, 6.07) is 3.42. The van der Waals surface area contributed by atoms with Gasteiger partial charge in [-0.2, -0.15) is 0 Å². The summed E-state index contributed by atoms with van der Waals surface area (Å²) in [6.07, 6.45) is 4.64. The van der Waals surface area contributed by atoms with Crippen LogP contribution in [0.1, 0.15) is 37.4 Å². The molecule has 0 saturated heterocycles. The van der Waals surface area contributed by atoms with Crippen LogP contribution >= 0.6 is 0 Å². The first-order valence-corrected chi connectivity index (χ1v) is 5.86. The van der Waals surface area contributed by atoms with Crippen molar-refractivity contribution in [2.75, 3.05) is 6.54 Å². The Bertz CT molecular complexity index is 399. The number of rotatable bonds is 4. The van der Waals surface area contributed by atoms with Crippen LogP contribution in [0.5, 0.6) is 0 Å². The normalized spacial score (nSPS) is 22.4. The minimum atomic E-state index is -0.409. The third kappa shape index (κ3) is 2.72. The molecular weight excluding hydrogens is 222 g/mol. The number of ketones is 1. The van der Waals surface area contributed by atoms with Gasteiger partial charge in [-0.25, -0.2) is 0 Å². The molecule has 1 aromatic heterocycles. The summed E-state index contributed by atoms with van der Waals surface area (Å²) in [6.45, 7) is -0.232. The van der Waals surface area contributed by atoms with Crippen LogP contribution in [-0.4, -0.2) is 17.3 Å². The van der Waals surface area contributed by atoms with Crippen molar-refractivity contribution in [3.63, 3.8) is 0 Å². The summed E-state index contributed by atoms with van der Waals surface area (Å²) >= 11 is 0. The van der Waals surface area contributed by atoms with Crippen molar-refractivity contribution < 1.29 is 14.1 Å². The molecule has 2 rings (SSSR count). The van der Waals surface area contributed by atoms with Crippen molar-refractivity contribution in [1.29, 1.82) is 0 Å². The minimum absolute atomic E-state index is 0.138. The highest BCUT2D eigenvalue weighted by Gasteiger charge is 2.36. The first-order valence-electron chi connectivity index (χ1n) is 5.86. The number of carbonyl (C=O) groups is 1. The summed E-state index contributed by atoms with van der Waals surface area (Å²) in [5.41, 5.74) is 0. The van der Waals surface area contributed by atoms with Crippen molar-refractivity contribution >= 4 is 5.78 Å². The van der Waals surface area contributed by atoms with Crippen molar-refractivity contribution in [2.24, 2.45) is 5.92 Å². The molecule has 0 bridgehead atoms. The third-order valence-corrected chi connectivity index (χ3v) is 3.34. The van der Waals surface area contributed by atoms with Crippen LogP contribution in [0, 0.1) is 16.0 Å². The fourth-order valence-electron chi connectivity index (χ4n) is 2.51. The molecule has 5 nitrogen and oxygen atoms in total. The third-order valence-electron chi connectivity index (χ3n) is 3.34. The SMILES string of the molecule is O=C1CCCC[C@@H]1[C@@H](C[N+](=O)[O-])c1ccco1. The van der Waals surface area contributed by atoms with E-state index in [9.17, 15) is 14.9 Å². The maximum Gasteiger partial charge on any atom is 0.214 e. The van der Waals surface area contributed by atoms with Gasteiger partial charge in [-0.05, 0) is 25.0 Å². The van der Waals surface area contributed by atoms with E-state index < -0.39 is 5.92 Å². The molecule has 0 aromatic carbocycles. The van der Waals surface area contributed by atoms with E-state index in [-0.39, 0.29) is 23.2 Å². The van der Waals surface area contributed by atoms with Gasteiger partial charge >= 0.3 is 0 Å². The lowest BCUT2D eigenvalue weighted by atomic mass is 9.78. The van der Waals surface area contributed by atoms with Crippen molar-refractivity contribution in [1.82, 2.24) is 0 Å². The molecule has 1 fully saturated rings. The van der Waals surface area contributed by atoms with Crippen LogP contribution in [0.2, 0.25) is 0 Å². The van der Waals surface area contributed by atoms with E-state index >= 15 is 0 Å². The van der Waals surface area contributed by atoms with Gasteiger partial charge in [0.2, 0.25) is 6.54 Å². The van der Waals surface area contributed by atoms with E-state index in [1.54, 1.807) is 12.1 Å². The molecule has 0 radical (unpaired) electrons. The topological polar surface area (TPSA) is 73.3 Å². The smallest absolute Gasteiger partial charge is 0.214 e. The molecule has 1 saturated carbocycles. The Hall–Kier alpha value is -1.65. The van der Waals surface area contributed by atoms with Crippen LogP contribution in [-0.2, 0) is 4.79 Å². The lowest BCUT2D eigenvalue weighted by Gasteiger charge is -2.25. The Morgan fingerprint density at radius 1 is 1.53 bits per heavy atom. The zero-order valence-electron chi connectivity index (χ0n) is 9.50. The van der Waals surface area contributed by atoms with Crippen molar-refractivity contribution in [3.8, 4) is 0 Å². The van der Waals surface area contributed by atoms with Gasteiger partial charge in [-0.1, -0.05) is 6.42 Å². The molecule has 1 aliphatic carbocycles. The monoisotopic (exact) mass is 237 g/mol. The standard InChI is InChI=1S/C12H15NO4/c14-11-5-2-1-4-9(11)10(8-13(15)16)12-6-3-7-17-12/h3,6-7,9-10H,1-2,4-5,8H2/t9-,10-/m1/s1. The molecule has 92 valence electrons. The van der Waals surface area contributed by atoms with Crippen molar-refractivity contribution in [3.05, 3.63) is 34.3 Å². The molecular formula is C12H15NO4. The Morgan fingerprint density at radius 2 is 2.35 bits per heavy atom. The van der Waals surface area contributed by atoms with Gasteiger partial charge in [0.1, 0.15) is 11.5 Å². The summed E-state index contributed by atoms with van der Waals surface area (Å²) in [5, 5.41) is 10.7. The molecule has 17 heavy (non-hydrogen) atoms. The van der Waals surface area contributed by atoms with Gasteiger partial charge in [0, 0.05) is 17.3 Å². The van der Waals surface area contributed by atoms with Crippen LogP contribution in [0.15, 0.2) is 22.8 Å². The first kappa shape index (κ1) is 11.8. The summed E-state index contributed by atoms with van der Waals surface area (Å²) in [7, 11) is 0. The van der Waals surface area contributed by atoms with Gasteiger partial charge in [-0.15, -0.1) is 0 Å². The molecule has 0 unspecified atom stereocenters. The van der Waals surface area contributed by atoms with E-state index in [4.69, 9.17) is 4.42 Å². The molecule has 0 aliphatic heterocycles. The number of carbonyl (C=O) groups excluding carboxylic acids is 1. The molecule has 1 aromatic rings. The lowest BCUT2D eigenvalue weighted by Crippen LogP contribution is -2.29. The second-order valence-electron chi connectivity index (χ2n) is 4.46. The fourth-order valence-corrected chi connectivity index (χ4v) is 2.51. The van der Waals surface area contributed by atoms with E-state index in [1.165, 1.54) is 6.26 Å². The zero-order chi connectivity index (χ0) is 12.3. The van der Waals surface area contributed by atoms with Gasteiger partial charge in [-0.3, -0.25) is 14.9 Å². The van der Waals surface area contributed by atoms with E-state index in [2.05, 4.69) is 0 Å². The Balaban J connectivity index is 2.20. The second-order valence-corrected chi connectivity index (χ2v) is 4.46. The largest absolute Gasteiger partial charge is 0.469 e. The van der Waals surface area contributed by atoms with Crippen LogP contribution in [0.25, 0.3) is 0 Å². The van der Waals surface area contributed by atoms with Crippen molar-refractivity contribution in [2.45, 2.75) is 31.6 Å². The molecule has 0 amide bonds. The van der Waals surface area contributed by atoms with Gasteiger partial charge in [0.25, 0.3) is 0 Å². The number of hydrogen-bond donors (Lipinski definition) is 0. The summed E-state index contributed by atoms with van der Waals surface area (Å²) in [4.78, 5) is 22.2. The number of Topliss-reactive ketones (excluding diaryl/α,β-unsaturated/α-hetero) is 1. The van der Waals surface area contributed by atoms with Crippen LogP contribution in [0.4, 0.5) is 0 Å². The van der Waals surface area contributed by atoms with Crippen LogP contribution < -0.4 is 0 Å². The number of nitro groups is 1. The Morgan fingerprint density at radius 3 is 2.94 bits per heavy atom. The average Bonchev–Trinajstić information content (AvgIpc) is 2.80. The highest BCUT2D eigenvalue weighted by molar-refractivity contribution is 5.82. The molecule has 1 heterocycles. The summed E-state index contributed by atoms with van der Waals surface area (Å²) < 4.78 is 5.24. The van der Waals surface area contributed by atoms with Crippen LogP contribution in [0.3, 0.4) is 0 Å². The van der Waals surface area contributed by atoms with E-state index in [0.717, 1.165) is 19.3 Å². The molecule has 0 spiro atoms. The summed E-state index contributed by atoms with van der Waals surface area (Å²) in [5.74, 6) is 0.0366. The molecule has 0 N–H and O–H groups in total. The average molecular weight is 237 g/mol. The molecule has 1 aliphatic rings. The predicted molar refractivity (Wildman–Crippen MR) is 60.3 cm³/mol. The predicted octanol–water partition coefficient (Wildman–Crippen LogP) is 2.40. The maximum atomic E-state index is 11.8. The van der Waals surface area contributed by atoms with E-state index in [1.807, 2.05) is 0 Å². The molecule has 5 heteroatoms. The van der Waals surface area contributed by atoms with E-state index in [0.29, 0.717) is 12.2 Å². The molecule has 2 atom stereocenters. The lowest BCUT2D eigenvalue weighted by molar-refractivity contribution is -0.485. The quantitative estimate of drug-likeness (QED) is 0.595. The number of nitrogens with zero attached hydrogens (tertiary/aromatic N) is 1. The number of furan rings is 1. The maximum absolute atomic E-state index is 11.8. The number of hydrogen-bond acceptors (Lipinski definition) is 4. The van der Waals surface area contributed by atoms with Gasteiger partial charge in [0.15, 0.2) is 0 Å². The first-order chi connectivity index (χ1) is 8.18. The Kier molecular flexibility index (Phi) is 3.56. The Labute approximate surface area is 99.0 Å².